The molecule has 0 bridgehead atoms. The van der Waals surface area contributed by atoms with Crippen LogP contribution < -0.4 is 11.1 Å². The van der Waals surface area contributed by atoms with Crippen LogP contribution in [-0.2, 0) is 0 Å². The van der Waals surface area contributed by atoms with Crippen molar-refractivity contribution in [2.75, 3.05) is 5.32 Å². The van der Waals surface area contributed by atoms with Crippen LogP contribution in [0.1, 0.15) is 25.7 Å². The fourth-order valence-electron chi connectivity index (χ4n) is 1.65. The summed E-state index contributed by atoms with van der Waals surface area (Å²) in [6.07, 6.45) is 0. The molecule has 0 unspecified atom stereocenters. The number of nitrogens with two attached hydrogens (primary N) is 1. The minimum absolute atomic E-state index is 0.110. The lowest BCUT2D eigenvalue weighted by Crippen LogP contribution is -2.14. The molecule has 0 fully saturated rings. The highest BCUT2D eigenvalue weighted by Gasteiger charge is 2.10. The van der Waals surface area contributed by atoms with Crippen LogP contribution in [0.5, 0.6) is 0 Å². The van der Waals surface area contributed by atoms with Gasteiger partial charge < -0.3 is 11.1 Å². The van der Waals surface area contributed by atoms with Crippen molar-refractivity contribution in [3.8, 4) is 0 Å². The van der Waals surface area contributed by atoms with Crippen molar-refractivity contribution in [1.82, 2.24) is 0 Å². The van der Waals surface area contributed by atoms with Crippen LogP contribution in [0.3, 0.4) is 0 Å². The van der Waals surface area contributed by atoms with E-state index >= 15 is 0 Å². The Kier molecular flexibility index (Phi) is 3.97. The molecule has 3 nitrogen and oxygen atoms in total. The zero-order valence-electron chi connectivity index (χ0n) is 10.7. The van der Waals surface area contributed by atoms with Crippen molar-refractivity contribution in [2.45, 2.75) is 13.8 Å². The largest absolute Gasteiger partial charge is 0.389 e. The highest BCUT2D eigenvalue weighted by Crippen LogP contribution is 2.20. The number of amides is 1. The number of rotatable bonds is 3. The average molecular weight is 290 g/mol. The second-order valence-corrected chi connectivity index (χ2v) is 5.99. The van der Waals surface area contributed by atoms with E-state index in [0.29, 0.717) is 9.87 Å². The van der Waals surface area contributed by atoms with Gasteiger partial charge in [0.05, 0.1) is 4.88 Å². The standard InChI is InChI=1S/C14H14N2OS2/c1-8-3-5-10(13(15)18)7-11(8)16-14(17)12-6-4-9(2)19-12/h3-7H,1-2H3,(H2,15,18)(H,16,17). The molecule has 0 saturated carbocycles. The van der Waals surface area contributed by atoms with Crippen molar-refractivity contribution in [1.29, 1.82) is 0 Å². The topological polar surface area (TPSA) is 55.1 Å². The normalized spacial score (nSPS) is 10.2. The molecule has 2 rings (SSSR count). The Balaban J connectivity index is 2.25. The molecule has 0 spiro atoms. The summed E-state index contributed by atoms with van der Waals surface area (Å²) in [7, 11) is 0. The first-order chi connectivity index (χ1) is 8.97. The summed E-state index contributed by atoms with van der Waals surface area (Å²) in [5.41, 5.74) is 8.06. The smallest absolute Gasteiger partial charge is 0.265 e. The Morgan fingerprint density at radius 2 is 2.00 bits per heavy atom. The van der Waals surface area contributed by atoms with E-state index in [1.165, 1.54) is 11.3 Å². The van der Waals surface area contributed by atoms with Gasteiger partial charge in [-0.1, -0.05) is 24.4 Å². The van der Waals surface area contributed by atoms with Crippen LogP contribution in [0.4, 0.5) is 5.69 Å². The monoisotopic (exact) mass is 290 g/mol. The molecule has 3 N–H and O–H groups in total. The summed E-state index contributed by atoms with van der Waals surface area (Å²) in [6.45, 7) is 3.90. The van der Waals surface area contributed by atoms with Gasteiger partial charge in [-0.3, -0.25) is 4.79 Å². The number of hydrogen-bond acceptors (Lipinski definition) is 3. The average Bonchev–Trinajstić information content (AvgIpc) is 2.78. The van der Waals surface area contributed by atoms with Gasteiger partial charge in [0.25, 0.3) is 5.91 Å². The third-order valence-corrected chi connectivity index (χ3v) is 3.97. The number of benzene rings is 1. The molecule has 0 saturated heterocycles. The third-order valence-electron chi connectivity index (χ3n) is 2.73. The maximum absolute atomic E-state index is 12.1. The van der Waals surface area contributed by atoms with E-state index in [0.717, 1.165) is 21.7 Å². The Labute approximate surface area is 121 Å². The van der Waals surface area contributed by atoms with Gasteiger partial charge in [0, 0.05) is 16.1 Å². The molecule has 1 aromatic carbocycles. The molecule has 1 amide bonds. The first kappa shape index (κ1) is 13.7. The lowest BCUT2D eigenvalue weighted by Gasteiger charge is -2.09. The third kappa shape index (κ3) is 3.19. The van der Waals surface area contributed by atoms with E-state index in [4.69, 9.17) is 18.0 Å². The van der Waals surface area contributed by atoms with Crippen molar-refractivity contribution in [3.63, 3.8) is 0 Å². The maximum atomic E-state index is 12.1. The molecule has 19 heavy (non-hydrogen) atoms. The quantitative estimate of drug-likeness (QED) is 0.853. The molecule has 0 aliphatic heterocycles. The van der Waals surface area contributed by atoms with Crippen molar-refractivity contribution >= 4 is 40.1 Å². The van der Waals surface area contributed by atoms with E-state index in [2.05, 4.69) is 5.32 Å². The minimum Gasteiger partial charge on any atom is -0.389 e. The fourth-order valence-corrected chi connectivity index (χ4v) is 2.54. The van der Waals surface area contributed by atoms with E-state index in [1.807, 2.05) is 38.1 Å². The van der Waals surface area contributed by atoms with E-state index in [9.17, 15) is 4.79 Å². The summed E-state index contributed by atoms with van der Waals surface area (Å²) in [6, 6.07) is 9.29. The molecule has 1 heterocycles. The van der Waals surface area contributed by atoms with Crippen LogP contribution in [0.15, 0.2) is 30.3 Å². The molecule has 0 radical (unpaired) electrons. The van der Waals surface area contributed by atoms with Crippen LogP contribution in [0, 0.1) is 13.8 Å². The molecular weight excluding hydrogens is 276 g/mol. The number of thiocarbonyl (C=S) groups is 1. The number of carbonyl (C=O) groups is 1. The SMILES string of the molecule is Cc1ccc(C(=O)Nc2cc(C(N)=S)ccc2C)s1. The first-order valence-electron chi connectivity index (χ1n) is 5.75. The summed E-state index contributed by atoms with van der Waals surface area (Å²) < 4.78 is 0. The van der Waals surface area contributed by atoms with Crippen molar-refractivity contribution in [2.24, 2.45) is 5.73 Å². The number of thiophene rings is 1. The number of anilines is 1. The number of hydrogen-bond donors (Lipinski definition) is 2. The molecular formula is C14H14N2OS2. The highest BCUT2D eigenvalue weighted by atomic mass is 32.1. The Hall–Kier alpha value is -1.72. The van der Waals surface area contributed by atoms with Crippen LogP contribution in [0.2, 0.25) is 0 Å². The van der Waals surface area contributed by atoms with Gasteiger partial charge in [-0.05, 0) is 37.6 Å². The second-order valence-electron chi connectivity index (χ2n) is 4.26. The molecule has 5 heteroatoms. The molecule has 1 aromatic heterocycles. The maximum Gasteiger partial charge on any atom is 0.265 e. The molecule has 2 aromatic rings. The summed E-state index contributed by atoms with van der Waals surface area (Å²) in [4.78, 5) is 14.2. The van der Waals surface area contributed by atoms with E-state index in [1.54, 1.807) is 6.07 Å². The lowest BCUT2D eigenvalue weighted by molar-refractivity contribution is 0.103. The van der Waals surface area contributed by atoms with Crippen LogP contribution >= 0.6 is 23.6 Å². The zero-order chi connectivity index (χ0) is 14.0. The van der Waals surface area contributed by atoms with E-state index < -0.39 is 0 Å². The lowest BCUT2D eigenvalue weighted by atomic mass is 10.1. The summed E-state index contributed by atoms with van der Waals surface area (Å²) in [5.74, 6) is -0.110. The van der Waals surface area contributed by atoms with Gasteiger partial charge in [0.2, 0.25) is 0 Å². The number of carbonyl (C=O) groups excluding carboxylic acids is 1. The predicted octanol–water partition coefficient (Wildman–Crippen LogP) is 3.25. The van der Waals surface area contributed by atoms with Gasteiger partial charge >= 0.3 is 0 Å². The Bertz CT molecular complexity index is 647. The van der Waals surface area contributed by atoms with Crippen LogP contribution in [-0.4, -0.2) is 10.9 Å². The molecule has 98 valence electrons. The predicted molar refractivity (Wildman–Crippen MR) is 84.1 cm³/mol. The van der Waals surface area contributed by atoms with Gasteiger partial charge in [-0.25, -0.2) is 0 Å². The number of nitrogens with one attached hydrogen (secondary N) is 1. The van der Waals surface area contributed by atoms with Gasteiger partial charge in [-0.2, -0.15) is 0 Å². The summed E-state index contributed by atoms with van der Waals surface area (Å²) in [5, 5.41) is 2.89. The van der Waals surface area contributed by atoms with Gasteiger partial charge in [0.1, 0.15) is 4.99 Å². The minimum atomic E-state index is -0.110. The first-order valence-corrected chi connectivity index (χ1v) is 6.98. The highest BCUT2D eigenvalue weighted by molar-refractivity contribution is 7.80. The van der Waals surface area contributed by atoms with Crippen molar-refractivity contribution < 1.29 is 4.79 Å². The molecule has 0 atom stereocenters. The summed E-state index contributed by atoms with van der Waals surface area (Å²) >= 11 is 6.41. The molecule has 0 aliphatic carbocycles. The van der Waals surface area contributed by atoms with Crippen molar-refractivity contribution in [3.05, 3.63) is 51.2 Å². The Morgan fingerprint density at radius 1 is 1.26 bits per heavy atom. The molecule has 0 aliphatic rings. The van der Waals surface area contributed by atoms with Crippen LogP contribution in [0.25, 0.3) is 0 Å². The second kappa shape index (κ2) is 5.50. The van der Waals surface area contributed by atoms with Gasteiger partial charge in [-0.15, -0.1) is 11.3 Å². The van der Waals surface area contributed by atoms with Gasteiger partial charge in [0.15, 0.2) is 0 Å². The fraction of sp³-hybridized carbons (Fsp3) is 0.143. The number of aryl methyl sites for hydroxylation is 2. The van der Waals surface area contributed by atoms with E-state index in [-0.39, 0.29) is 5.91 Å². The zero-order valence-corrected chi connectivity index (χ0v) is 12.3. The Morgan fingerprint density at radius 3 is 2.58 bits per heavy atom.